The van der Waals surface area contributed by atoms with Crippen molar-refractivity contribution < 1.29 is 23.4 Å². The second-order valence-electron chi connectivity index (χ2n) is 7.60. The number of aldehydes is 1. The molecule has 0 aliphatic carbocycles. The van der Waals surface area contributed by atoms with Gasteiger partial charge in [-0.15, -0.1) is 10.2 Å². The monoisotopic (exact) mass is 424 g/mol. The number of rotatable bonds is 4. The third kappa shape index (κ3) is 3.52. The van der Waals surface area contributed by atoms with Gasteiger partial charge < -0.3 is 20.1 Å². The standard InChI is InChI=1S/C22H18F2N4O3/c23-13-5-17(21(30)18(24)6-13)19-8-20-22(27-26-19)25-9-14-7-16(10-28(14)20)31-15-3-1-12(11-29)2-4-15/h1-6,8,11,14,16,30H,7,9-10H2,(H,25,27)/t14-,16-/m1/s1. The zero-order valence-corrected chi connectivity index (χ0v) is 16.3. The highest BCUT2D eigenvalue weighted by atomic mass is 19.1. The molecule has 158 valence electrons. The van der Waals surface area contributed by atoms with E-state index in [9.17, 15) is 18.7 Å². The van der Waals surface area contributed by atoms with E-state index in [1.54, 1.807) is 30.3 Å². The van der Waals surface area contributed by atoms with Crippen LogP contribution in [0.4, 0.5) is 20.3 Å². The van der Waals surface area contributed by atoms with E-state index in [1.807, 2.05) is 0 Å². The Labute approximate surface area is 176 Å². The largest absolute Gasteiger partial charge is 0.504 e. The number of benzene rings is 2. The van der Waals surface area contributed by atoms with Crippen LogP contribution >= 0.6 is 0 Å². The summed E-state index contributed by atoms with van der Waals surface area (Å²) in [6, 6.07) is 10.4. The van der Waals surface area contributed by atoms with Gasteiger partial charge in [0.05, 0.1) is 24.0 Å². The number of phenolic OH excluding ortho intramolecular Hbond substituents is 1. The zero-order valence-electron chi connectivity index (χ0n) is 16.3. The fourth-order valence-electron chi connectivity index (χ4n) is 4.10. The van der Waals surface area contributed by atoms with E-state index >= 15 is 0 Å². The summed E-state index contributed by atoms with van der Waals surface area (Å²) < 4.78 is 33.6. The van der Waals surface area contributed by atoms with E-state index in [4.69, 9.17) is 4.74 Å². The van der Waals surface area contributed by atoms with Gasteiger partial charge in [-0.2, -0.15) is 0 Å². The van der Waals surface area contributed by atoms with Crippen LogP contribution in [0, 0.1) is 11.6 Å². The normalized spacial score (nSPS) is 19.4. The first-order valence-electron chi connectivity index (χ1n) is 9.80. The van der Waals surface area contributed by atoms with Crippen molar-refractivity contribution in [3.05, 3.63) is 59.7 Å². The average Bonchev–Trinajstić information content (AvgIpc) is 3.19. The number of fused-ring (bicyclic) bond motifs is 3. The quantitative estimate of drug-likeness (QED) is 0.621. The van der Waals surface area contributed by atoms with Crippen LogP contribution in [-0.2, 0) is 0 Å². The van der Waals surface area contributed by atoms with Crippen molar-refractivity contribution in [3.8, 4) is 22.8 Å². The highest BCUT2D eigenvalue weighted by Crippen LogP contribution is 2.39. The number of anilines is 2. The molecule has 2 aliphatic heterocycles. The Hall–Kier alpha value is -3.75. The van der Waals surface area contributed by atoms with Gasteiger partial charge in [-0.05, 0) is 36.4 Å². The number of nitrogens with zero attached hydrogens (tertiary/aromatic N) is 3. The van der Waals surface area contributed by atoms with Crippen LogP contribution in [0.25, 0.3) is 11.3 Å². The van der Waals surface area contributed by atoms with E-state index in [-0.39, 0.29) is 23.4 Å². The minimum Gasteiger partial charge on any atom is -0.504 e. The summed E-state index contributed by atoms with van der Waals surface area (Å²) in [4.78, 5) is 12.9. The van der Waals surface area contributed by atoms with Crippen LogP contribution in [0.15, 0.2) is 42.5 Å². The Morgan fingerprint density at radius 1 is 1.16 bits per heavy atom. The molecule has 1 saturated heterocycles. The molecule has 31 heavy (non-hydrogen) atoms. The number of ether oxygens (including phenoxy) is 1. The predicted molar refractivity (Wildman–Crippen MR) is 110 cm³/mol. The maximum Gasteiger partial charge on any atom is 0.172 e. The summed E-state index contributed by atoms with van der Waals surface area (Å²) in [5.41, 5.74) is 1.42. The number of carbonyl (C=O) groups is 1. The van der Waals surface area contributed by atoms with Crippen molar-refractivity contribution in [2.45, 2.75) is 18.6 Å². The molecule has 0 amide bonds. The lowest BCUT2D eigenvalue weighted by molar-refractivity contribution is 0.112. The summed E-state index contributed by atoms with van der Waals surface area (Å²) in [7, 11) is 0. The molecular formula is C22H18F2N4O3. The predicted octanol–water partition coefficient (Wildman–Crippen LogP) is 3.39. The van der Waals surface area contributed by atoms with Gasteiger partial charge in [-0.1, -0.05) is 0 Å². The van der Waals surface area contributed by atoms with E-state index in [2.05, 4.69) is 20.4 Å². The summed E-state index contributed by atoms with van der Waals surface area (Å²) in [6.07, 6.45) is 1.46. The Balaban J connectivity index is 1.41. The summed E-state index contributed by atoms with van der Waals surface area (Å²) in [6.45, 7) is 1.24. The van der Waals surface area contributed by atoms with Gasteiger partial charge in [0.2, 0.25) is 0 Å². The number of aromatic nitrogens is 2. The van der Waals surface area contributed by atoms with E-state index in [0.717, 1.165) is 24.5 Å². The van der Waals surface area contributed by atoms with Gasteiger partial charge in [-0.25, -0.2) is 8.78 Å². The van der Waals surface area contributed by atoms with Gasteiger partial charge >= 0.3 is 0 Å². The summed E-state index contributed by atoms with van der Waals surface area (Å²) in [5, 5.41) is 21.4. The third-order valence-corrected chi connectivity index (χ3v) is 5.59. The van der Waals surface area contributed by atoms with Crippen molar-refractivity contribution >= 4 is 17.8 Å². The Bertz CT molecular complexity index is 1160. The second kappa shape index (κ2) is 7.50. The molecule has 0 spiro atoms. The van der Waals surface area contributed by atoms with E-state index < -0.39 is 17.4 Å². The first-order valence-corrected chi connectivity index (χ1v) is 9.80. The minimum absolute atomic E-state index is 0.0582. The van der Waals surface area contributed by atoms with Crippen LogP contribution in [0.5, 0.6) is 11.5 Å². The molecule has 2 N–H and O–H groups in total. The minimum atomic E-state index is -1.05. The van der Waals surface area contributed by atoms with Crippen LogP contribution in [0.3, 0.4) is 0 Å². The van der Waals surface area contributed by atoms with Crippen LogP contribution < -0.4 is 15.0 Å². The number of hydrogen-bond donors (Lipinski definition) is 2. The molecule has 3 heterocycles. The molecule has 2 aliphatic rings. The van der Waals surface area contributed by atoms with Crippen molar-refractivity contribution in [1.29, 1.82) is 0 Å². The lowest BCUT2D eigenvalue weighted by Crippen LogP contribution is -2.40. The lowest BCUT2D eigenvalue weighted by Gasteiger charge is -2.33. The fraction of sp³-hybridized carbons (Fsp3) is 0.227. The number of phenols is 1. The molecular weight excluding hydrogens is 406 g/mol. The highest BCUT2D eigenvalue weighted by Gasteiger charge is 2.38. The van der Waals surface area contributed by atoms with Crippen LogP contribution in [0.2, 0.25) is 0 Å². The number of aromatic hydroxyl groups is 1. The molecule has 0 unspecified atom stereocenters. The van der Waals surface area contributed by atoms with E-state index in [0.29, 0.717) is 36.3 Å². The van der Waals surface area contributed by atoms with Gasteiger partial charge in [0, 0.05) is 30.2 Å². The highest BCUT2D eigenvalue weighted by molar-refractivity contribution is 5.77. The Morgan fingerprint density at radius 2 is 1.97 bits per heavy atom. The number of halogens is 2. The first kappa shape index (κ1) is 19.2. The van der Waals surface area contributed by atoms with Crippen molar-refractivity contribution in [2.75, 3.05) is 23.3 Å². The molecule has 0 bridgehead atoms. The van der Waals surface area contributed by atoms with Gasteiger partial charge in [0.25, 0.3) is 0 Å². The SMILES string of the molecule is O=Cc1ccc(O[C@@H]2C[C@@H]3CNc4nnc(-c5cc(F)cc(F)c5O)cc4N3C2)cc1. The Morgan fingerprint density at radius 3 is 2.74 bits per heavy atom. The van der Waals surface area contributed by atoms with Gasteiger partial charge in [-0.3, -0.25) is 4.79 Å². The number of nitrogens with one attached hydrogen (secondary N) is 1. The molecule has 2 aromatic carbocycles. The Kier molecular flexibility index (Phi) is 4.65. The smallest absolute Gasteiger partial charge is 0.172 e. The lowest BCUT2D eigenvalue weighted by atomic mass is 10.1. The molecule has 3 aromatic rings. The third-order valence-electron chi connectivity index (χ3n) is 5.59. The molecule has 9 heteroatoms. The molecule has 1 fully saturated rings. The molecule has 7 nitrogen and oxygen atoms in total. The maximum atomic E-state index is 13.8. The second-order valence-corrected chi connectivity index (χ2v) is 7.60. The van der Waals surface area contributed by atoms with Crippen molar-refractivity contribution in [3.63, 3.8) is 0 Å². The van der Waals surface area contributed by atoms with Crippen molar-refractivity contribution in [2.24, 2.45) is 0 Å². The fourth-order valence-corrected chi connectivity index (χ4v) is 4.10. The number of carbonyl (C=O) groups excluding carboxylic acids is 1. The maximum absolute atomic E-state index is 13.8. The molecule has 1 aromatic heterocycles. The topological polar surface area (TPSA) is 87.6 Å². The molecule has 0 radical (unpaired) electrons. The van der Waals surface area contributed by atoms with Crippen LogP contribution in [-0.4, -0.2) is 46.8 Å². The van der Waals surface area contributed by atoms with Gasteiger partial charge in [0.1, 0.15) is 24.0 Å². The number of hydrogen-bond acceptors (Lipinski definition) is 7. The molecule has 5 rings (SSSR count). The van der Waals surface area contributed by atoms with Crippen LogP contribution in [0.1, 0.15) is 16.8 Å². The zero-order chi connectivity index (χ0) is 21.5. The van der Waals surface area contributed by atoms with E-state index in [1.165, 1.54) is 0 Å². The average molecular weight is 424 g/mol. The first-order chi connectivity index (χ1) is 15.0. The molecule has 0 saturated carbocycles. The molecule has 2 atom stereocenters. The van der Waals surface area contributed by atoms with Crippen molar-refractivity contribution in [1.82, 2.24) is 10.2 Å². The van der Waals surface area contributed by atoms with Gasteiger partial charge in [0.15, 0.2) is 17.4 Å². The summed E-state index contributed by atoms with van der Waals surface area (Å²) >= 11 is 0. The summed E-state index contributed by atoms with van der Waals surface area (Å²) in [5.74, 6) is -1.29.